The number of amides is 1. The van der Waals surface area contributed by atoms with E-state index in [0.29, 0.717) is 11.8 Å². The van der Waals surface area contributed by atoms with E-state index in [0.717, 1.165) is 6.07 Å². The second kappa shape index (κ2) is 11.2. The summed E-state index contributed by atoms with van der Waals surface area (Å²) in [7, 11) is 2.77. The third kappa shape index (κ3) is 5.65. The van der Waals surface area contributed by atoms with E-state index < -0.39 is 23.3 Å². The monoisotopic (exact) mass is 472 g/mol. The number of aromatic nitrogens is 1. The van der Waals surface area contributed by atoms with E-state index >= 15 is 0 Å². The van der Waals surface area contributed by atoms with Gasteiger partial charge in [0, 0.05) is 17.2 Å². The van der Waals surface area contributed by atoms with Crippen LogP contribution in [0.1, 0.15) is 20.8 Å². The minimum Gasteiger partial charge on any atom is -0.494 e. The number of hydrogen-bond acceptors (Lipinski definition) is 7. The third-order valence-electron chi connectivity index (χ3n) is 4.73. The summed E-state index contributed by atoms with van der Waals surface area (Å²) in [5.74, 6) is -1.85. The molecule has 0 aliphatic carbocycles. The highest BCUT2D eigenvalue weighted by Gasteiger charge is 2.18. The van der Waals surface area contributed by atoms with Crippen LogP contribution < -0.4 is 19.5 Å². The minimum absolute atomic E-state index is 0.0281. The molecule has 0 fully saturated rings. The van der Waals surface area contributed by atoms with E-state index in [4.69, 9.17) is 19.3 Å². The van der Waals surface area contributed by atoms with Gasteiger partial charge in [0.1, 0.15) is 35.4 Å². The lowest BCUT2D eigenvalue weighted by atomic mass is 10.1. The minimum atomic E-state index is -0.857. The van der Waals surface area contributed by atoms with Crippen LogP contribution in [-0.4, -0.2) is 55.8 Å². The van der Waals surface area contributed by atoms with Crippen molar-refractivity contribution in [1.82, 2.24) is 10.3 Å². The molecule has 34 heavy (non-hydrogen) atoms. The molecule has 10 heteroatoms. The molecule has 1 heterocycles. The van der Waals surface area contributed by atoms with Crippen LogP contribution in [0, 0.1) is 11.6 Å². The Kier molecular flexibility index (Phi) is 8.10. The van der Waals surface area contributed by atoms with Crippen LogP contribution in [0.3, 0.4) is 0 Å². The Morgan fingerprint density at radius 3 is 2.38 bits per heavy atom. The van der Waals surface area contributed by atoms with Crippen molar-refractivity contribution in [1.29, 1.82) is 0 Å². The molecule has 1 amide bonds. The van der Waals surface area contributed by atoms with E-state index in [1.807, 2.05) is 0 Å². The molecule has 0 bridgehead atoms. The van der Waals surface area contributed by atoms with E-state index in [-0.39, 0.29) is 53.8 Å². The highest BCUT2D eigenvalue weighted by Crippen LogP contribution is 2.31. The number of Topliss-reactive ketones (excluding diaryl/α,β-unsaturated/α-hetero) is 1. The van der Waals surface area contributed by atoms with Crippen molar-refractivity contribution in [3.05, 3.63) is 71.4 Å². The van der Waals surface area contributed by atoms with E-state index in [1.54, 1.807) is 0 Å². The van der Waals surface area contributed by atoms with Crippen molar-refractivity contribution in [2.45, 2.75) is 0 Å². The summed E-state index contributed by atoms with van der Waals surface area (Å²) in [6.45, 7) is -0.494. The number of halogens is 2. The van der Waals surface area contributed by atoms with E-state index in [1.165, 1.54) is 50.6 Å². The lowest BCUT2D eigenvalue weighted by Gasteiger charge is -2.12. The van der Waals surface area contributed by atoms with Crippen molar-refractivity contribution in [3.8, 4) is 28.5 Å². The van der Waals surface area contributed by atoms with Crippen LogP contribution in [0.15, 0.2) is 48.5 Å². The summed E-state index contributed by atoms with van der Waals surface area (Å²) in [5, 5.41) is 11.4. The first-order chi connectivity index (χ1) is 16.4. The Hall–Kier alpha value is -4.05. The number of ketones is 1. The van der Waals surface area contributed by atoms with Crippen LogP contribution in [0.2, 0.25) is 0 Å². The lowest BCUT2D eigenvalue weighted by molar-refractivity contribution is 0.0902. The van der Waals surface area contributed by atoms with Crippen LogP contribution in [0.5, 0.6) is 17.2 Å². The second-order valence-electron chi connectivity index (χ2n) is 6.92. The molecular weight excluding hydrogens is 450 g/mol. The van der Waals surface area contributed by atoms with Gasteiger partial charge in [0.2, 0.25) is 0 Å². The number of hydrogen-bond donors (Lipinski definition) is 2. The van der Waals surface area contributed by atoms with Gasteiger partial charge < -0.3 is 24.6 Å². The number of rotatable bonds is 10. The molecule has 2 aromatic carbocycles. The summed E-state index contributed by atoms with van der Waals surface area (Å²) < 4.78 is 43.3. The lowest BCUT2D eigenvalue weighted by Crippen LogP contribution is -2.30. The van der Waals surface area contributed by atoms with Gasteiger partial charge in [0.05, 0.1) is 27.4 Å². The van der Waals surface area contributed by atoms with Crippen molar-refractivity contribution in [2.75, 3.05) is 34.0 Å². The maximum absolute atomic E-state index is 14.3. The summed E-state index contributed by atoms with van der Waals surface area (Å²) in [4.78, 5) is 29.3. The first-order valence-corrected chi connectivity index (χ1v) is 10.1. The molecule has 0 aliphatic heterocycles. The molecule has 3 aromatic rings. The number of nitrogens with zero attached hydrogens (tertiary/aromatic N) is 1. The van der Waals surface area contributed by atoms with Gasteiger partial charge in [-0.05, 0) is 42.5 Å². The zero-order valence-electron chi connectivity index (χ0n) is 18.4. The van der Waals surface area contributed by atoms with Crippen molar-refractivity contribution in [2.24, 2.45) is 0 Å². The zero-order valence-corrected chi connectivity index (χ0v) is 18.4. The molecule has 1 aromatic heterocycles. The first-order valence-electron chi connectivity index (χ1n) is 10.1. The number of benzene rings is 2. The Balaban J connectivity index is 1.75. The Morgan fingerprint density at radius 2 is 1.71 bits per heavy atom. The maximum Gasteiger partial charge on any atom is 0.251 e. The average Bonchev–Trinajstić information content (AvgIpc) is 2.85. The fourth-order valence-electron chi connectivity index (χ4n) is 3.08. The molecule has 0 saturated heterocycles. The van der Waals surface area contributed by atoms with Crippen molar-refractivity contribution < 1.29 is 37.7 Å². The molecule has 8 nitrogen and oxygen atoms in total. The summed E-state index contributed by atoms with van der Waals surface area (Å²) in [6.07, 6.45) is 0. The van der Waals surface area contributed by atoms with Crippen molar-refractivity contribution >= 4 is 11.7 Å². The molecule has 0 unspecified atom stereocenters. The van der Waals surface area contributed by atoms with E-state index in [9.17, 15) is 18.4 Å². The smallest absolute Gasteiger partial charge is 0.251 e. The highest BCUT2D eigenvalue weighted by atomic mass is 19.1. The van der Waals surface area contributed by atoms with Crippen LogP contribution >= 0.6 is 0 Å². The largest absolute Gasteiger partial charge is 0.494 e. The Morgan fingerprint density at radius 1 is 0.971 bits per heavy atom. The predicted molar refractivity (Wildman–Crippen MR) is 118 cm³/mol. The number of ether oxygens (including phenoxy) is 3. The van der Waals surface area contributed by atoms with Gasteiger partial charge in [-0.3, -0.25) is 9.59 Å². The molecule has 0 saturated carbocycles. The summed E-state index contributed by atoms with van der Waals surface area (Å²) >= 11 is 0. The van der Waals surface area contributed by atoms with Crippen LogP contribution in [-0.2, 0) is 0 Å². The number of pyridine rings is 1. The third-order valence-corrected chi connectivity index (χ3v) is 4.73. The molecule has 0 spiro atoms. The normalized spacial score (nSPS) is 10.5. The Labute approximate surface area is 194 Å². The number of carbonyl (C=O) groups is 2. The summed E-state index contributed by atoms with van der Waals surface area (Å²) in [5.41, 5.74) is 0.177. The van der Waals surface area contributed by atoms with Crippen LogP contribution in [0.25, 0.3) is 11.3 Å². The van der Waals surface area contributed by atoms with E-state index in [2.05, 4.69) is 10.3 Å². The Bertz CT molecular complexity index is 1200. The SMILES string of the molecule is COc1cc(C(=O)NCC(=O)c2ccc(OC)c(-c3ccc(F)cc3F)n2)ccc1OCCO. The molecular formula is C24H22F2N2O6. The first kappa shape index (κ1) is 24.6. The number of methoxy groups -OCH3 is 2. The molecule has 0 aliphatic rings. The number of aliphatic hydroxyl groups is 1. The molecule has 0 atom stereocenters. The fraction of sp³-hybridized carbons (Fsp3) is 0.208. The molecule has 2 N–H and O–H groups in total. The predicted octanol–water partition coefficient (Wildman–Crippen LogP) is 3.03. The fourth-order valence-corrected chi connectivity index (χ4v) is 3.08. The van der Waals surface area contributed by atoms with Crippen molar-refractivity contribution in [3.63, 3.8) is 0 Å². The van der Waals surface area contributed by atoms with Gasteiger partial charge in [-0.25, -0.2) is 13.8 Å². The molecule has 0 radical (unpaired) electrons. The van der Waals surface area contributed by atoms with Gasteiger partial charge in [0.15, 0.2) is 17.3 Å². The summed E-state index contributed by atoms with van der Waals surface area (Å²) in [6, 6.07) is 10.2. The van der Waals surface area contributed by atoms with Gasteiger partial charge in [0.25, 0.3) is 5.91 Å². The topological polar surface area (TPSA) is 107 Å². The second-order valence-corrected chi connectivity index (χ2v) is 6.92. The zero-order chi connectivity index (χ0) is 24.7. The molecule has 3 rings (SSSR count). The standard InChI is InChI=1S/C24H22F2N2O6/c1-32-21-8-6-18(28-23(21)16-5-4-15(25)12-17(16)26)19(30)13-27-24(31)14-3-7-20(34-10-9-29)22(11-14)33-2/h3-8,11-12,29H,9-10,13H2,1-2H3,(H,27,31). The highest BCUT2D eigenvalue weighted by molar-refractivity contribution is 6.01. The maximum atomic E-state index is 14.3. The number of nitrogens with one attached hydrogen (secondary N) is 1. The number of carbonyl (C=O) groups excluding carboxylic acids is 2. The molecule has 178 valence electrons. The van der Waals surface area contributed by atoms with Gasteiger partial charge in [-0.1, -0.05) is 0 Å². The van der Waals surface area contributed by atoms with Gasteiger partial charge in [-0.15, -0.1) is 0 Å². The van der Waals surface area contributed by atoms with Crippen LogP contribution in [0.4, 0.5) is 8.78 Å². The number of aliphatic hydroxyl groups excluding tert-OH is 1. The quantitative estimate of drug-likeness (QED) is 0.437. The average molecular weight is 472 g/mol. The van der Waals surface area contributed by atoms with Gasteiger partial charge >= 0.3 is 0 Å². The van der Waals surface area contributed by atoms with Gasteiger partial charge in [-0.2, -0.15) is 0 Å².